The number of sulfonamides is 1. The lowest BCUT2D eigenvalue weighted by molar-refractivity contribution is -0.114. The van der Waals surface area contributed by atoms with Crippen LogP contribution in [0.1, 0.15) is 11.1 Å². The summed E-state index contributed by atoms with van der Waals surface area (Å²) >= 11 is 11.8. The van der Waals surface area contributed by atoms with Crippen molar-refractivity contribution in [3.8, 4) is 0 Å². The van der Waals surface area contributed by atoms with Crippen LogP contribution in [0.2, 0.25) is 10.0 Å². The van der Waals surface area contributed by atoms with E-state index in [4.69, 9.17) is 23.2 Å². The minimum atomic E-state index is -3.65. The van der Waals surface area contributed by atoms with Crippen LogP contribution in [0.25, 0.3) is 0 Å². The Labute approximate surface area is 157 Å². The van der Waals surface area contributed by atoms with Gasteiger partial charge in [0.05, 0.1) is 11.9 Å². The van der Waals surface area contributed by atoms with Gasteiger partial charge in [0.25, 0.3) is 0 Å². The Hall–Kier alpha value is -1.76. The molecule has 0 fully saturated rings. The number of rotatable bonds is 5. The van der Waals surface area contributed by atoms with Crippen LogP contribution < -0.4 is 9.62 Å². The van der Waals surface area contributed by atoms with Gasteiger partial charge in [-0.15, -0.1) is 0 Å². The monoisotopic (exact) mass is 400 g/mol. The van der Waals surface area contributed by atoms with Gasteiger partial charge in [-0.2, -0.15) is 0 Å². The highest BCUT2D eigenvalue weighted by Gasteiger charge is 2.24. The van der Waals surface area contributed by atoms with E-state index in [9.17, 15) is 13.2 Å². The molecular weight excluding hydrogens is 383 g/mol. The number of nitrogens with zero attached hydrogens (tertiary/aromatic N) is 1. The van der Waals surface area contributed by atoms with Crippen LogP contribution in [0.15, 0.2) is 36.4 Å². The summed E-state index contributed by atoms with van der Waals surface area (Å²) in [6, 6.07) is 10.1. The van der Waals surface area contributed by atoms with Crippen LogP contribution in [0, 0.1) is 13.8 Å². The Balaban J connectivity index is 2.30. The van der Waals surface area contributed by atoms with E-state index in [-0.39, 0.29) is 6.54 Å². The van der Waals surface area contributed by atoms with E-state index in [2.05, 4.69) is 5.32 Å². The maximum absolute atomic E-state index is 12.4. The van der Waals surface area contributed by atoms with Gasteiger partial charge < -0.3 is 5.32 Å². The number of para-hydroxylation sites is 1. The maximum atomic E-state index is 12.4. The van der Waals surface area contributed by atoms with Crippen molar-refractivity contribution in [3.05, 3.63) is 57.6 Å². The third-order valence-corrected chi connectivity index (χ3v) is 5.07. The number of halogens is 2. The minimum absolute atomic E-state index is 0.353. The van der Waals surface area contributed by atoms with Crippen molar-refractivity contribution in [2.24, 2.45) is 0 Å². The van der Waals surface area contributed by atoms with Gasteiger partial charge in [0, 0.05) is 15.7 Å². The third-order valence-electron chi connectivity index (χ3n) is 3.52. The fourth-order valence-electron chi connectivity index (χ4n) is 2.52. The predicted octanol–water partition coefficient (Wildman–Crippen LogP) is 4.01. The molecule has 2 aromatic rings. The molecule has 0 saturated heterocycles. The Morgan fingerprint density at radius 3 is 2.08 bits per heavy atom. The van der Waals surface area contributed by atoms with E-state index in [1.165, 1.54) is 18.2 Å². The predicted molar refractivity (Wildman–Crippen MR) is 103 cm³/mol. The number of carbonyl (C=O) groups is 1. The largest absolute Gasteiger partial charge is 0.324 e. The van der Waals surface area contributed by atoms with Crippen LogP contribution in [-0.4, -0.2) is 27.1 Å². The van der Waals surface area contributed by atoms with Crippen LogP contribution >= 0.6 is 23.2 Å². The number of hydrogen-bond donors (Lipinski definition) is 1. The zero-order valence-electron chi connectivity index (χ0n) is 14.0. The Morgan fingerprint density at radius 2 is 1.60 bits per heavy atom. The molecule has 0 aliphatic heterocycles. The third kappa shape index (κ3) is 5.11. The summed E-state index contributed by atoms with van der Waals surface area (Å²) in [6.07, 6.45) is 1.07. The Kier molecular flexibility index (Phi) is 5.98. The van der Waals surface area contributed by atoms with Gasteiger partial charge in [0.2, 0.25) is 15.9 Å². The molecule has 0 unspecified atom stereocenters. The van der Waals surface area contributed by atoms with Crippen molar-refractivity contribution < 1.29 is 13.2 Å². The molecule has 134 valence electrons. The minimum Gasteiger partial charge on any atom is -0.324 e. The highest BCUT2D eigenvalue weighted by molar-refractivity contribution is 7.92. The average molecular weight is 401 g/mol. The highest BCUT2D eigenvalue weighted by atomic mass is 35.5. The summed E-state index contributed by atoms with van der Waals surface area (Å²) in [4.78, 5) is 12.4. The van der Waals surface area contributed by atoms with Gasteiger partial charge in [-0.1, -0.05) is 41.4 Å². The second-order valence-corrected chi connectivity index (χ2v) is 8.50. The number of hydrogen-bond acceptors (Lipinski definition) is 3. The molecule has 0 spiro atoms. The molecule has 2 aromatic carbocycles. The van der Waals surface area contributed by atoms with E-state index in [0.29, 0.717) is 21.4 Å². The average Bonchev–Trinajstić information content (AvgIpc) is 2.43. The molecule has 5 nitrogen and oxygen atoms in total. The summed E-state index contributed by atoms with van der Waals surface area (Å²) in [5.74, 6) is -0.494. The van der Waals surface area contributed by atoms with Crippen LogP contribution in [-0.2, 0) is 14.8 Å². The number of aryl methyl sites for hydroxylation is 2. The molecule has 0 atom stereocenters. The topological polar surface area (TPSA) is 66.5 Å². The quantitative estimate of drug-likeness (QED) is 0.823. The molecule has 0 bridgehead atoms. The first-order valence-electron chi connectivity index (χ1n) is 7.38. The molecule has 0 heterocycles. The summed E-state index contributed by atoms with van der Waals surface area (Å²) in [6.45, 7) is 3.25. The van der Waals surface area contributed by atoms with E-state index < -0.39 is 15.9 Å². The van der Waals surface area contributed by atoms with Crippen molar-refractivity contribution in [2.75, 3.05) is 22.4 Å². The first-order valence-corrected chi connectivity index (χ1v) is 9.98. The lowest BCUT2D eigenvalue weighted by Gasteiger charge is -2.25. The van der Waals surface area contributed by atoms with E-state index in [0.717, 1.165) is 21.7 Å². The molecule has 1 N–H and O–H groups in total. The maximum Gasteiger partial charge on any atom is 0.245 e. The number of benzene rings is 2. The van der Waals surface area contributed by atoms with Crippen molar-refractivity contribution >= 4 is 50.5 Å². The van der Waals surface area contributed by atoms with Crippen molar-refractivity contribution in [3.63, 3.8) is 0 Å². The molecule has 0 saturated carbocycles. The Morgan fingerprint density at radius 1 is 1.08 bits per heavy atom. The normalized spacial score (nSPS) is 11.2. The molecule has 0 aliphatic rings. The highest BCUT2D eigenvalue weighted by Crippen LogP contribution is 2.27. The zero-order chi connectivity index (χ0) is 18.8. The number of carbonyl (C=O) groups excluding carboxylic acids is 1. The van der Waals surface area contributed by atoms with Gasteiger partial charge in [-0.3, -0.25) is 9.10 Å². The van der Waals surface area contributed by atoms with Crippen LogP contribution in [0.3, 0.4) is 0 Å². The van der Waals surface area contributed by atoms with Crippen molar-refractivity contribution in [1.29, 1.82) is 0 Å². The second kappa shape index (κ2) is 7.64. The summed E-state index contributed by atoms with van der Waals surface area (Å²) < 4.78 is 25.6. The van der Waals surface area contributed by atoms with Crippen LogP contribution in [0.5, 0.6) is 0 Å². The summed E-state index contributed by atoms with van der Waals surface area (Å²) in [5.41, 5.74) is 2.44. The number of nitrogens with one attached hydrogen (secondary N) is 1. The van der Waals surface area contributed by atoms with E-state index in [1.807, 2.05) is 6.07 Å². The fourth-order valence-corrected chi connectivity index (χ4v) is 4.02. The van der Waals surface area contributed by atoms with Gasteiger partial charge in [0.15, 0.2) is 0 Å². The molecule has 0 radical (unpaired) electrons. The molecule has 25 heavy (non-hydrogen) atoms. The molecular formula is C17H18Cl2N2O3S. The molecule has 8 heteroatoms. The Bertz CT molecular complexity index is 874. The lowest BCUT2D eigenvalue weighted by Crippen LogP contribution is -2.38. The summed E-state index contributed by atoms with van der Waals surface area (Å²) in [7, 11) is -3.65. The summed E-state index contributed by atoms with van der Waals surface area (Å²) in [5, 5.41) is 3.37. The molecule has 1 amide bonds. The van der Waals surface area contributed by atoms with Gasteiger partial charge in [-0.05, 0) is 43.2 Å². The zero-order valence-corrected chi connectivity index (χ0v) is 16.3. The van der Waals surface area contributed by atoms with Crippen molar-refractivity contribution in [2.45, 2.75) is 13.8 Å². The van der Waals surface area contributed by atoms with Crippen molar-refractivity contribution in [1.82, 2.24) is 0 Å². The lowest BCUT2D eigenvalue weighted by atomic mass is 10.1. The SMILES string of the molecule is Cc1cccc(C)c1N(CC(=O)Nc1cc(Cl)cc(Cl)c1)S(C)(=O)=O. The van der Waals surface area contributed by atoms with Gasteiger partial charge >= 0.3 is 0 Å². The standard InChI is InChI=1S/C17H18Cl2N2O3S/c1-11-5-4-6-12(2)17(11)21(25(3,23)24)10-16(22)20-15-8-13(18)7-14(19)9-15/h4-9H,10H2,1-3H3,(H,20,22). The van der Waals surface area contributed by atoms with E-state index in [1.54, 1.807) is 26.0 Å². The first kappa shape index (κ1) is 19.6. The molecule has 0 aromatic heterocycles. The van der Waals surface area contributed by atoms with Gasteiger partial charge in [-0.25, -0.2) is 8.42 Å². The second-order valence-electron chi connectivity index (χ2n) is 5.72. The molecule has 2 rings (SSSR count). The fraction of sp³-hybridized carbons (Fsp3) is 0.235. The molecule has 0 aliphatic carbocycles. The first-order chi connectivity index (χ1) is 11.6. The number of anilines is 2. The van der Waals surface area contributed by atoms with E-state index >= 15 is 0 Å². The smallest absolute Gasteiger partial charge is 0.245 e. The van der Waals surface area contributed by atoms with Crippen LogP contribution in [0.4, 0.5) is 11.4 Å². The number of amides is 1. The van der Waals surface area contributed by atoms with Gasteiger partial charge in [0.1, 0.15) is 6.54 Å².